The van der Waals surface area contributed by atoms with Gasteiger partial charge in [-0.25, -0.2) is 9.78 Å². The molecule has 1 N–H and O–H groups in total. The number of amides is 1. The van der Waals surface area contributed by atoms with Crippen LogP contribution in [0.4, 0.5) is 5.69 Å². The number of pyridine rings is 1. The molecule has 6 nitrogen and oxygen atoms in total. The lowest BCUT2D eigenvalue weighted by Gasteiger charge is -2.23. The maximum Gasteiger partial charge on any atom is 0.357 e. The first-order chi connectivity index (χ1) is 14.1. The molecular weight excluding hydrogens is 366 g/mol. The Morgan fingerprint density at radius 3 is 2.69 bits per heavy atom. The molecule has 0 aliphatic rings. The van der Waals surface area contributed by atoms with Crippen molar-refractivity contribution < 1.29 is 14.3 Å². The third-order valence-electron chi connectivity index (χ3n) is 4.59. The average molecular weight is 391 g/mol. The van der Waals surface area contributed by atoms with E-state index in [2.05, 4.69) is 47.2 Å². The van der Waals surface area contributed by atoms with Crippen LogP contribution in [0.3, 0.4) is 0 Å². The van der Waals surface area contributed by atoms with Crippen LogP contribution in [0.2, 0.25) is 0 Å². The molecule has 6 heteroatoms. The molecular formula is C23H25N3O3. The van der Waals surface area contributed by atoms with Crippen LogP contribution in [-0.4, -0.2) is 43.1 Å². The van der Waals surface area contributed by atoms with E-state index in [0.29, 0.717) is 18.6 Å². The smallest absolute Gasteiger partial charge is 0.357 e. The van der Waals surface area contributed by atoms with Crippen molar-refractivity contribution in [1.29, 1.82) is 0 Å². The molecule has 150 valence electrons. The largest absolute Gasteiger partial charge is 0.451 e. The number of aromatic nitrogens is 1. The SMILES string of the molecule is CCN(CCNC(=O)COC(=O)c1ccc2ccccc2n1)c1cccc(C)c1. The van der Waals surface area contributed by atoms with Crippen molar-refractivity contribution in [3.8, 4) is 0 Å². The fraction of sp³-hybridized carbons (Fsp3) is 0.261. The molecule has 0 saturated heterocycles. The van der Waals surface area contributed by atoms with Crippen molar-refractivity contribution in [2.45, 2.75) is 13.8 Å². The molecule has 0 unspecified atom stereocenters. The Balaban J connectivity index is 1.46. The summed E-state index contributed by atoms with van der Waals surface area (Å²) in [5, 5.41) is 3.73. The number of para-hydroxylation sites is 1. The molecule has 3 rings (SSSR count). The summed E-state index contributed by atoms with van der Waals surface area (Å²) < 4.78 is 5.10. The highest BCUT2D eigenvalue weighted by Gasteiger charge is 2.12. The maximum absolute atomic E-state index is 12.2. The third-order valence-corrected chi connectivity index (χ3v) is 4.59. The van der Waals surface area contributed by atoms with Crippen LogP contribution < -0.4 is 10.2 Å². The number of likely N-dealkylation sites (N-methyl/N-ethyl adjacent to an activating group) is 1. The second-order valence-electron chi connectivity index (χ2n) is 6.73. The lowest BCUT2D eigenvalue weighted by molar-refractivity contribution is -0.124. The van der Waals surface area contributed by atoms with E-state index >= 15 is 0 Å². The Morgan fingerprint density at radius 1 is 1.07 bits per heavy atom. The first-order valence-electron chi connectivity index (χ1n) is 9.68. The van der Waals surface area contributed by atoms with E-state index in [4.69, 9.17) is 4.74 Å². The van der Waals surface area contributed by atoms with Crippen LogP contribution >= 0.6 is 0 Å². The highest BCUT2D eigenvalue weighted by atomic mass is 16.5. The van der Waals surface area contributed by atoms with Crippen LogP contribution in [0, 0.1) is 6.92 Å². The van der Waals surface area contributed by atoms with Crippen molar-refractivity contribution in [2.24, 2.45) is 0 Å². The number of esters is 1. The zero-order valence-corrected chi connectivity index (χ0v) is 16.7. The van der Waals surface area contributed by atoms with Gasteiger partial charge in [-0.1, -0.05) is 36.4 Å². The highest BCUT2D eigenvalue weighted by Crippen LogP contribution is 2.15. The number of rotatable bonds is 8. The fourth-order valence-corrected chi connectivity index (χ4v) is 3.06. The number of ether oxygens (including phenoxy) is 1. The van der Waals surface area contributed by atoms with Gasteiger partial charge in [0.25, 0.3) is 5.91 Å². The average Bonchev–Trinajstić information content (AvgIpc) is 2.74. The molecule has 0 bridgehead atoms. The Labute approximate surface area is 170 Å². The molecule has 1 heterocycles. The van der Waals surface area contributed by atoms with Gasteiger partial charge in [-0.2, -0.15) is 0 Å². The van der Waals surface area contributed by atoms with Crippen LogP contribution in [0.1, 0.15) is 23.0 Å². The Hall–Kier alpha value is -3.41. The first-order valence-corrected chi connectivity index (χ1v) is 9.68. The van der Waals surface area contributed by atoms with Crippen molar-refractivity contribution in [2.75, 3.05) is 31.1 Å². The molecule has 2 aromatic carbocycles. The topological polar surface area (TPSA) is 71.5 Å². The molecule has 0 radical (unpaired) electrons. The number of nitrogens with one attached hydrogen (secondary N) is 1. The van der Waals surface area contributed by atoms with Gasteiger partial charge in [0.05, 0.1) is 5.52 Å². The number of carbonyl (C=O) groups excluding carboxylic acids is 2. The van der Waals surface area contributed by atoms with E-state index in [1.807, 2.05) is 36.4 Å². The van der Waals surface area contributed by atoms with E-state index < -0.39 is 5.97 Å². The maximum atomic E-state index is 12.2. The predicted molar refractivity (Wildman–Crippen MR) is 114 cm³/mol. The van der Waals surface area contributed by atoms with E-state index in [1.165, 1.54) is 5.56 Å². The van der Waals surface area contributed by atoms with Gasteiger partial charge in [-0.3, -0.25) is 4.79 Å². The van der Waals surface area contributed by atoms with Gasteiger partial charge in [0.15, 0.2) is 6.61 Å². The van der Waals surface area contributed by atoms with Gasteiger partial charge in [0.2, 0.25) is 0 Å². The number of anilines is 1. The van der Waals surface area contributed by atoms with Crippen molar-refractivity contribution >= 4 is 28.5 Å². The Morgan fingerprint density at radius 2 is 1.90 bits per heavy atom. The van der Waals surface area contributed by atoms with Crippen molar-refractivity contribution in [3.63, 3.8) is 0 Å². The lowest BCUT2D eigenvalue weighted by Crippen LogP contribution is -2.37. The number of benzene rings is 2. The van der Waals surface area contributed by atoms with Crippen LogP contribution in [0.15, 0.2) is 60.7 Å². The summed E-state index contributed by atoms with van der Waals surface area (Å²) in [5.74, 6) is -0.944. The minimum Gasteiger partial charge on any atom is -0.451 e. The summed E-state index contributed by atoms with van der Waals surface area (Å²) in [6, 6.07) is 19.2. The van der Waals surface area contributed by atoms with Crippen molar-refractivity contribution in [3.05, 3.63) is 71.9 Å². The number of hydrogen-bond acceptors (Lipinski definition) is 5. The number of carbonyl (C=O) groups is 2. The summed E-state index contributed by atoms with van der Waals surface area (Å²) >= 11 is 0. The lowest BCUT2D eigenvalue weighted by atomic mass is 10.2. The van der Waals surface area contributed by atoms with Crippen molar-refractivity contribution in [1.82, 2.24) is 10.3 Å². The summed E-state index contributed by atoms with van der Waals surface area (Å²) in [7, 11) is 0. The molecule has 0 saturated carbocycles. The molecule has 3 aromatic rings. The van der Waals surface area contributed by atoms with Gasteiger partial charge in [0.1, 0.15) is 5.69 Å². The molecule has 1 amide bonds. The van der Waals surface area contributed by atoms with Crippen LogP contribution in [0.5, 0.6) is 0 Å². The highest BCUT2D eigenvalue weighted by molar-refractivity contribution is 5.92. The van der Waals surface area contributed by atoms with Crippen LogP contribution in [0.25, 0.3) is 10.9 Å². The summed E-state index contributed by atoms with van der Waals surface area (Å²) in [6.07, 6.45) is 0. The van der Waals surface area contributed by atoms with Gasteiger partial charge in [-0.05, 0) is 43.7 Å². The fourth-order valence-electron chi connectivity index (χ4n) is 3.06. The van der Waals surface area contributed by atoms with E-state index in [-0.39, 0.29) is 18.2 Å². The number of fused-ring (bicyclic) bond motifs is 1. The van der Waals surface area contributed by atoms with Gasteiger partial charge in [0, 0.05) is 30.7 Å². The van der Waals surface area contributed by atoms with Crippen LogP contribution in [-0.2, 0) is 9.53 Å². The summed E-state index contributed by atoms with van der Waals surface area (Å²) in [5.41, 5.74) is 3.21. The molecule has 0 fully saturated rings. The number of nitrogens with zero attached hydrogens (tertiary/aromatic N) is 2. The number of aryl methyl sites for hydroxylation is 1. The third kappa shape index (κ3) is 5.54. The quantitative estimate of drug-likeness (QED) is 0.596. The normalized spacial score (nSPS) is 10.6. The minimum atomic E-state index is -0.610. The van der Waals surface area contributed by atoms with E-state index in [1.54, 1.807) is 6.07 Å². The molecule has 29 heavy (non-hydrogen) atoms. The Bertz CT molecular complexity index is 1000. The second kappa shape index (κ2) is 9.68. The summed E-state index contributed by atoms with van der Waals surface area (Å²) in [6.45, 7) is 5.77. The van der Waals surface area contributed by atoms with Gasteiger partial charge in [-0.15, -0.1) is 0 Å². The van der Waals surface area contributed by atoms with E-state index in [0.717, 1.165) is 17.6 Å². The van der Waals surface area contributed by atoms with E-state index in [9.17, 15) is 9.59 Å². The minimum absolute atomic E-state index is 0.188. The molecule has 0 aliphatic heterocycles. The Kier molecular flexibility index (Phi) is 6.79. The standard InChI is InChI=1S/C23H25N3O3/c1-3-26(19-9-6-7-17(2)15-19)14-13-24-22(27)16-29-23(28)21-12-11-18-8-4-5-10-20(18)25-21/h4-12,15H,3,13-14,16H2,1-2H3,(H,24,27). The molecule has 0 atom stereocenters. The predicted octanol–water partition coefficient (Wildman–Crippen LogP) is 3.34. The molecule has 1 aromatic heterocycles. The number of hydrogen-bond donors (Lipinski definition) is 1. The van der Waals surface area contributed by atoms with Gasteiger partial charge < -0.3 is 15.0 Å². The first kappa shape index (κ1) is 20.3. The molecule has 0 aliphatic carbocycles. The second-order valence-corrected chi connectivity index (χ2v) is 6.73. The zero-order valence-electron chi connectivity index (χ0n) is 16.7. The zero-order chi connectivity index (χ0) is 20.6. The van der Waals surface area contributed by atoms with Gasteiger partial charge >= 0.3 is 5.97 Å². The summed E-state index contributed by atoms with van der Waals surface area (Å²) in [4.78, 5) is 30.6. The molecule has 0 spiro atoms. The monoisotopic (exact) mass is 391 g/mol.